The molecule has 0 saturated carbocycles. The first-order valence-electron chi connectivity index (χ1n) is 5.48. The summed E-state index contributed by atoms with van der Waals surface area (Å²) >= 11 is 0. The summed E-state index contributed by atoms with van der Waals surface area (Å²) in [5, 5.41) is 15.8. The third-order valence-electron chi connectivity index (χ3n) is 2.08. The zero-order chi connectivity index (χ0) is 12.1. The SMILES string of the molecule is Cc1cc(NC(=O)CC(C)C)n(CCO)n1. The van der Waals surface area contributed by atoms with Crippen LogP contribution in [0.15, 0.2) is 6.07 Å². The van der Waals surface area contributed by atoms with Crippen molar-refractivity contribution < 1.29 is 9.90 Å². The van der Waals surface area contributed by atoms with E-state index in [-0.39, 0.29) is 12.5 Å². The van der Waals surface area contributed by atoms with Gasteiger partial charge in [0.1, 0.15) is 5.82 Å². The number of aliphatic hydroxyl groups excluding tert-OH is 1. The Kier molecular flexibility index (Phi) is 4.49. The second kappa shape index (κ2) is 5.65. The quantitative estimate of drug-likeness (QED) is 0.790. The van der Waals surface area contributed by atoms with Crippen molar-refractivity contribution >= 4 is 11.7 Å². The largest absolute Gasteiger partial charge is 0.394 e. The summed E-state index contributed by atoms with van der Waals surface area (Å²) < 4.78 is 1.60. The maximum Gasteiger partial charge on any atom is 0.225 e. The first-order chi connectivity index (χ1) is 7.52. The van der Waals surface area contributed by atoms with E-state index >= 15 is 0 Å². The molecule has 0 aromatic carbocycles. The number of amides is 1. The van der Waals surface area contributed by atoms with Crippen molar-refractivity contribution in [2.75, 3.05) is 11.9 Å². The van der Waals surface area contributed by atoms with Gasteiger partial charge >= 0.3 is 0 Å². The summed E-state index contributed by atoms with van der Waals surface area (Å²) in [6, 6.07) is 1.80. The molecule has 0 radical (unpaired) electrons. The number of nitrogens with zero attached hydrogens (tertiary/aromatic N) is 2. The standard InChI is InChI=1S/C11H19N3O2/c1-8(2)6-11(16)12-10-7-9(3)13-14(10)4-5-15/h7-8,15H,4-6H2,1-3H3,(H,12,16). The predicted molar refractivity (Wildman–Crippen MR) is 62.1 cm³/mol. The van der Waals surface area contributed by atoms with Crippen molar-refractivity contribution in [3.63, 3.8) is 0 Å². The van der Waals surface area contributed by atoms with Crippen LogP contribution in [0.3, 0.4) is 0 Å². The Bertz CT molecular complexity index is 358. The van der Waals surface area contributed by atoms with Crippen molar-refractivity contribution in [2.24, 2.45) is 5.92 Å². The van der Waals surface area contributed by atoms with Gasteiger partial charge in [-0.1, -0.05) is 13.8 Å². The molecule has 1 rings (SSSR count). The summed E-state index contributed by atoms with van der Waals surface area (Å²) in [5.41, 5.74) is 0.827. The highest BCUT2D eigenvalue weighted by Gasteiger charge is 2.10. The summed E-state index contributed by atoms with van der Waals surface area (Å²) in [6.07, 6.45) is 0.489. The Morgan fingerprint density at radius 1 is 1.62 bits per heavy atom. The molecule has 0 aliphatic carbocycles. The number of aryl methyl sites for hydroxylation is 1. The van der Waals surface area contributed by atoms with Gasteiger partial charge in [-0.15, -0.1) is 0 Å². The zero-order valence-corrected chi connectivity index (χ0v) is 10.0. The number of nitrogens with one attached hydrogen (secondary N) is 1. The smallest absolute Gasteiger partial charge is 0.225 e. The molecule has 0 unspecified atom stereocenters. The minimum absolute atomic E-state index is 0.00811. The minimum Gasteiger partial charge on any atom is -0.394 e. The molecule has 1 aromatic rings. The highest BCUT2D eigenvalue weighted by atomic mass is 16.3. The van der Waals surface area contributed by atoms with Crippen molar-refractivity contribution in [3.8, 4) is 0 Å². The molecule has 1 amide bonds. The number of carbonyl (C=O) groups is 1. The predicted octanol–water partition coefficient (Wildman–Crippen LogP) is 1.17. The van der Waals surface area contributed by atoms with Crippen LogP contribution in [0, 0.1) is 12.8 Å². The van der Waals surface area contributed by atoms with Crippen LogP contribution in [0.1, 0.15) is 26.0 Å². The topological polar surface area (TPSA) is 67.2 Å². The fraction of sp³-hybridized carbons (Fsp3) is 0.636. The molecule has 16 heavy (non-hydrogen) atoms. The average molecular weight is 225 g/mol. The van der Waals surface area contributed by atoms with E-state index in [1.54, 1.807) is 10.7 Å². The van der Waals surface area contributed by atoms with Gasteiger partial charge in [-0.05, 0) is 12.8 Å². The molecule has 2 N–H and O–H groups in total. The van der Waals surface area contributed by atoms with E-state index in [9.17, 15) is 4.79 Å². The van der Waals surface area contributed by atoms with Crippen LogP contribution < -0.4 is 5.32 Å². The van der Waals surface area contributed by atoms with E-state index < -0.39 is 0 Å². The monoisotopic (exact) mass is 225 g/mol. The highest BCUT2D eigenvalue weighted by Crippen LogP contribution is 2.11. The Labute approximate surface area is 95.5 Å². The van der Waals surface area contributed by atoms with Gasteiger partial charge in [-0.2, -0.15) is 5.10 Å². The third kappa shape index (κ3) is 3.66. The third-order valence-corrected chi connectivity index (χ3v) is 2.08. The maximum atomic E-state index is 11.6. The van der Waals surface area contributed by atoms with Gasteiger partial charge in [0.15, 0.2) is 0 Å². The fourth-order valence-corrected chi connectivity index (χ4v) is 1.48. The average Bonchev–Trinajstić information content (AvgIpc) is 2.45. The molecule has 0 aliphatic heterocycles. The summed E-state index contributed by atoms with van der Waals surface area (Å²) in [7, 11) is 0. The van der Waals surface area contributed by atoms with Gasteiger partial charge in [0.05, 0.1) is 18.8 Å². The number of aliphatic hydroxyl groups is 1. The lowest BCUT2D eigenvalue weighted by Gasteiger charge is -2.08. The molecule has 5 heteroatoms. The van der Waals surface area contributed by atoms with Gasteiger partial charge < -0.3 is 10.4 Å². The van der Waals surface area contributed by atoms with Crippen molar-refractivity contribution in [3.05, 3.63) is 11.8 Å². The second-order valence-corrected chi connectivity index (χ2v) is 4.26. The van der Waals surface area contributed by atoms with Crippen LogP contribution in [-0.4, -0.2) is 27.4 Å². The molecule has 0 atom stereocenters. The van der Waals surface area contributed by atoms with Crippen LogP contribution in [0.2, 0.25) is 0 Å². The fourth-order valence-electron chi connectivity index (χ4n) is 1.48. The minimum atomic E-state index is -0.0194. The van der Waals surface area contributed by atoms with E-state index in [4.69, 9.17) is 5.11 Å². The van der Waals surface area contributed by atoms with Crippen molar-refractivity contribution in [1.82, 2.24) is 9.78 Å². The molecule has 0 saturated heterocycles. The number of carbonyl (C=O) groups excluding carboxylic acids is 1. The zero-order valence-electron chi connectivity index (χ0n) is 10.0. The van der Waals surface area contributed by atoms with Crippen LogP contribution in [0.5, 0.6) is 0 Å². The molecule has 1 heterocycles. The van der Waals surface area contributed by atoms with Gasteiger partial charge in [0.2, 0.25) is 5.91 Å². The van der Waals surface area contributed by atoms with Crippen LogP contribution in [0.4, 0.5) is 5.82 Å². The van der Waals surface area contributed by atoms with Gasteiger partial charge in [-0.3, -0.25) is 4.79 Å². The van der Waals surface area contributed by atoms with Crippen LogP contribution in [0.25, 0.3) is 0 Å². The Balaban J connectivity index is 2.68. The normalized spacial score (nSPS) is 10.8. The lowest BCUT2D eigenvalue weighted by molar-refractivity contribution is -0.116. The maximum absolute atomic E-state index is 11.6. The van der Waals surface area contributed by atoms with E-state index in [2.05, 4.69) is 10.4 Å². The molecule has 1 aromatic heterocycles. The molecule has 5 nitrogen and oxygen atoms in total. The Hall–Kier alpha value is -1.36. The molecule has 0 spiro atoms. The summed E-state index contributed by atoms with van der Waals surface area (Å²) in [6.45, 7) is 6.25. The van der Waals surface area contributed by atoms with E-state index in [1.807, 2.05) is 20.8 Å². The Morgan fingerprint density at radius 2 is 2.31 bits per heavy atom. The van der Waals surface area contributed by atoms with Gasteiger partial charge in [-0.25, -0.2) is 4.68 Å². The number of aromatic nitrogens is 2. The number of anilines is 1. The molecule has 0 fully saturated rings. The first kappa shape index (κ1) is 12.7. The highest BCUT2D eigenvalue weighted by molar-refractivity contribution is 5.90. The Morgan fingerprint density at radius 3 is 2.88 bits per heavy atom. The van der Waals surface area contributed by atoms with E-state index in [0.29, 0.717) is 24.7 Å². The van der Waals surface area contributed by atoms with Crippen molar-refractivity contribution in [1.29, 1.82) is 0 Å². The number of hydrogen-bond donors (Lipinski definition) is 2. The van der Waals surface area contributed by atoms with Crippen LogP contribution in [-0.2, 0) is 11.3 Å². The summed E-state index contributed by atoms with van der Waals surface area (Å²) in [5.74, 6) is 0.960. The molecular weight excluding hydrogens is 206 g/mol. The summed E-state index contributed by atoms with van der Waals surface area (Å²) in [4.78, 5) is 11.6. The second-order valence-electron chi connectivity index (χ2n) is 4.26. The molecule has 0 bridgehead atoms. The lowest BCUT2D eigenvalue weighted by Crippen LogP contribution is -2.17. The first-order valence-corrected chi connectivity index (χ1v) is 5.48. The van der Waals surface area contributed by atoms with Gasteiger partial charge in [0, 0.05) is 12.5 Å². The number of rotatable bonds is 5. The molecular formula is C11H19N3O2. The molecule has 90 valence electrons. The molecule has 0 aliphatic rings. The van der Waals surface area contributed by atoms with Crippen molar-refractivity contribution in [2.45, 2.75) is 33.7 Å². The van der Waals surface area contributed by atoms with E-state index in [1.165, 1.54) is 0 Å². The lowest BCUT2D eigenvalue weighted by atomic mass is 10.1. The van der Waals surface area contributed by atoms with E-state index in [0.717, 1.165) is 5.69 Å². The van der Waals surface area contributed by atoms with Crippen LogP contribution >= 0.6 is 0 Å². The number of hydrogen-bond acceptors (Lipinski definition) is 3. The van der Waals surface area contributed by atoms with Gasteiger partial charge in [0.25, 0.3) is 0 Å².